The van der Waals surface area contributed by atoms with E-state index in [2.05, 4.69) is 21.4 Å². The number of nitriles is 1. The summed E-state index contributed by atoms with van der Waals surface area (Å²) in [4.78, 5) is 7.21. The number of rotatable bonds is 5. The van der Waals surface area contributed by atoms with Crippen LogP contribution in [0, 0.1) is 11.3 Å². The van der Waals surface area contributed by atoms with E-state index in [0.29, 0.717) is 11.3 Å². The number of nitrogens with two attached hydrogens (primary N) is 1. The molecule has 2 rings (SSSR count). The van der Waals surface area contributed by atoms with E-state index in [1.165, 1.54) is 0 Å². The van der Waals surface area contributed by atoms with Crippen LogP contribution < -0.4 is 11.1 Å². The Morgan fingerprint density at radius 3 is 3.06 bits per heavy atom. The molecule has 0 radical (unpaired) electrons. The van der Waals surface area contributed by atoms with Crippen LogP contribution in [-0.2, 0) is 6.42 Å². The number of imidazole rings is 1. The van der Waals surface area contributed by atoms with E-state index in [1.54, 1.807) is 24.4 Å². The summed E-state index contributed by atoms with van der Waals surface area (Å²) in [7, 11) is 0. The minimum absolute atomic E-state index is 0.609. The Bertz CT molecular complexity index is 539. The second-order valence-corrected chi connectivity index (χ2v) is 3.98. The number of nitrogen functional groups attached to an aromatic ring is 1. The molecule has 1 heterocycles. The van der Waals surface area contributed by atoms with Gasteiger partial charge in [0, 0.05) is 25.4 Å². The van der Waals surface area contributed by atoms with Crippen LogP contribution in [0.25, 0.3) is 0 Å². The Kier molecular flexibility index (Phi) is 3.82. The first-order chi connectivity index (χ1) is 8.79. The number of nitrogens with one attached hydrogen (secondary N) is 2. The number of anilines is 2. The minimum atomic E-state index is 0.609. The molecule has 5 nitrogen and oxygen atoms in total. The Morgan fingerprint density at radius 1 is 1.44 bits per heavy atom. The molecule has 0 saturated heterocycles. The number of hydrogen-bond donors (Lipinski definition) is 3. The smallest absolute Gasteiger partial charge is 0.106 e. The van der Waals surface area contributed by atoms with Gasteiger partial charge in [-0.15, -0.1) is 0 Å². The van der Waals surface area contributed by atoms with Crippen LogP contribution in [0.4, 0.5) is 11.4 Å². The Labute approximate surface area is 106 Å². The molecule has 0 bridgehead atoms. The maximum absolute atomic E-state index is 8.82. The number of H-pyrrole nitrogens is 1. The second-order valence-electron chi connectivity index (χ2n) is 3.98. The third-order valence-corrected chi connectivity index (χ3v) is 2.64. The van der Waals surface area contributed by atoms with Gasteiger partial charge in [0.25, 0.3) is 0 Å². The maximum Gasteiger partial charge on any atom is 0.106 e. The molecule has 0 amide bonds. The van der Waals surface area contributed by atoms with Crippen molar-refractivity contribution in [2.24, 2.45) is 0 Å². The number of nitrogens with zero attached hydrogens (tertiary/aromatic N) is 2. The zero-order valence-electron chi connectivity index (χ0n) is 9.98. The molecule has 0 saturated carbocycles. The first-order valence-electron chi connectivity index (χ1n) is 5.81. The summed E-state index contributed by atoms with van der Waals surface area (Å²) in [5, 5.41) is 12.1. The molecule has 2 aromatic rings. The Balaban J connectivity index is 1.85. The van der Waals surface area contributed by atoms with Crippen molar-refractivity contribution in [3.63, 3.8) is 0 Å². The van der Waals surface area contributed by atoms with Gasteiger partial charge in [-0.05, 0) is 24.6 Å². The van der Waals surface area contributed by atoms with Crippen molar-refractivity contribution < 1.29 is 0 Å². The third-order valence-electron chi connectivity index (χ3n) is 2.64. The highest BCUT2D eigenvalue weighted by atomic mass is 14.9. The van der Waals surface area contributed by atoms with Gasteiger partial charge in [-0.1, -0.05) is 0 Å². The third kappa shape index (κ3) is 3.01. The highest BCUT2D eigenvalue weighted by molar-refractivity contribution is 5.68. The van der Waals surface area contributed by atoms with Gasteiger partial charge in [-0.2, -0.15) is 5.26 Å². The molecular weight excluding hydrogens is 226 g/mol. The number of aromatic amines is 1. The Hall–Kier alpha value is -2.48. The van der Waals surface area contributed by atoms with Crippen molar-refractivity contribution in [2.75, 3.05) is 17.6 Å². The fraction of sp³-hybridized carbons (Fsp3) is 0.231. The predicted octanol–water partition coefficient (Wildman–Crippen LogP) is 1.91. The van der Waals surface area contributed by atoms with Gasteiger partial charge in [-0.25, -0.2) is 4.98 Å². The highest BCUT2D eigenvalue weighted by Gasteiger charge is 2.00. The lowest BCUT2D eigenvalue weighted by Crippen LogP contribution is -2.06. The maximum atomic E-state index is 8.82. The lowest BCUT2D eigenvalue weighted by molar-refractivity contribution is 0.816. The topological polar surface area (TPSA) is 90.5 Å². The summed E-state index contributed by atoms with van der Waals surface area (Å²) < 4.78 is 0. The molecule has 5 heteroatoms. The van der Waals surface area contributed by atoms with Gasteiger partial charge >= 0.3 is 0 Å². The van der Waals surface area contributed by atoms with Crippen LogP contribution in [0.5, 0.6) is 0 Å². The van der Waals surface area contributed by atoms with Crippen molar-refractivity contribution in [3.8, 4) is 6.07 Å². The van der Waals surface area contributed by atoms with Crippen molar-refractivity contribution >= 4 is 11.4 Å². The molecule has 0 spiro atoms. The molecule has 0 atom stereocenters. The molecule has 1 aromatic heterocycles. The zero-order chi connectivity index (χ0) is 12.8. The van der Waals surface area contributed by atoms with Crippen LogP contribution in [0.3, 0.4) is 0 Å². The SMILES string of the molecule is N#Cc1ccc(N)c(NCCCc2ncc[nH]2)c1. The van der Waals surface area contributed by atoms with E-state index in [1.807, 2.05) is 6.20 Å². The van der Waals surface area contributed by atoms with Crippen LogP contribution in [0.1, 0.15) is 17.8 Å². The van der Waals surface area contributed by atoms with E-state index in [9.17, 15) is 0 Å². The molecule has 0 unspecified atom stereocenters. The van der Waals surface area contributed by atoms with Gasteiger partial charge in [-0.3, -0.25) is 0 Å². The zero-order valence-corrected chi connectivity index (χ0v) is 9.98. The molecule has 0 fully saturated rings. The van der Waals surface area contributed by atoms with Crippen LogP contribution in [-0.4, -0.2) is 16.5 Å². The molecule has 0 aliphatic carbocycles. The van der Waals surface area contributed by atoms with Gasteiger partial charge in [0.1, 0.15) is 5.82 Å². The normalized spacial score (nSPS) is 9.94. The van der Waals surface area contributed by atoms with E-state index in [-0.39, 0.29) is 0 Å². The fourth-order valence-corrected chi connectivity index (χ4v) is 1.69. The number of aromatic nitrogens is 2. The van der Waals surface area contributed by atoms with Crippen LogP contribution in [0.2, 0.25) is 0 Å². The van der Waals surface area contributed by atoms with Crippen molar-refractivity contribution in [2.45, 2.75) is 12.8 Å². The van der Waals surface area contributed by atoms with Crippen molar-refractivity contribution in [3.05, 3.63) is 42.0 Å². The molecule has 0 aliphatic rings. The summed E-state index contributed by atoms with van der Waals surface area (Å²) in [6, 6.07) is 7.32. The summed E-state index contributed by atoms with van der Waals surface area (Å²) in [6.45, 7) is 0.791. The van der Waals surface area contributed by atoms with Gasteiger partial charge in [0.2, 0.25) is 0 Å². The van der Waals surface area contributed by atoms with E-state index < -0.39 is 0 Å². The largest absolute Gasteiger partial charge is 0.397 e. The van der Waals surface area contributed by atoms with Crippen molar-refractivity contribution in [1.82, 2.24) is 9.97 Å². The molecule has 0 aliphatic heterocycles. The van der Waals surface area contributed by atoms with Gasteiger partial charge in [0.05, 0.1) is 23.0 Å². The summed E-state index contributed by atoms with van der Waals surface area (Å²) >= 11 is 0. The average molecular weight is 241 g/mol. The summed E-state index contributed by atoms with van der Waals surface area (Å²) in [6.07, 6.45) is 5.40. The first-order valence-corrected chi connectivity index (χ1v) is 5.81. The number of aryl methyl sites for hydroxylation is 1. The first kappa shape index (κ1) is 12.0. The van der Waals surface area contributed by atoms with E-state index in [4.69, 9.17) is 11.0 Å². The van der Waals surface area contributed by atoms with E-state index >= 15 is 0 Å². The van der Waals surface area contributed by atoms with Crippen LogP contribution in [0.15, 0.2) is 30.6 Å². The minimum Gasteiger partial charge on any atom is -0.397 e. The van der Waals surface area contributed by atoms with Crippen LogP contribution >= 0.6 is 0 Å². The summed E-state index contributed by atoms with van der Waals surface area (Å²) in [5.74, 6) is 0.982. The number of hydrogen-bond acceptors (Lipinski definition) is 4. The quantitative estimate of drug-likeness (QED) is 0.551. The van der Waals surface area contributed by atoms with Gasteiger partial charge in [0.15, 0.2) is 0 Å². The molecule has 1 aromatic carbocycles. The monoisotopic (exact) mass is 241 g/mol. The predicted molar refractivity (Wildman–Crippen MR) is 71.0 cm³/mol. The molecule has 92 valence electrons. The summed E-state index contributed by atoms with van der Waals surface area (Å²) in [5.41, 5.74) is 7.91. The standard InChI is InChI=1S/C13H15N5/c14-9-10-3-4-11(15)12(8-10)16-5-1-2-13-17-6-7-18-13/h3-4,6-8,16H,1-2,5,15H2,(H,17,18). The number of benzene rings is 1. The second kappa shape index (κ2) is 5.73. The highest BCUT2D eigenvalue weighted by Crippen LogP contribution is 2.19. The lowest BCUT2D eigenvalue weighted by atomic mass is 10.2. The van der Waals surface area contributed by atoms with Crippen molar-refractivity contribution in [1.29, 1.82) is 5.26 Å². The molecular formula is C13H15N5. The Morgan fingerprint density at radius 2 is 2.33 bits per heavy atom. The van der Waals surface area contributed by atoms with Gasteiger partial charge < -0.3 is 16.0 Å². The average Bonchev–Trinajstić information content (AvgIpc) is 2.89. The lowest BCUT2D eigenvalue weighted by Gasteiger charge is -2.08. The molecule has 18 heavy (non-hydrogen) atoms. The fourth-order valence-electron chi connectivity index (χ4n) is 1.69. The van der Waals surface area contributed by atoms with E-state index in [0.717, 1.165) is 30.9 Å². The molecule has 4 N–H and O–H groups in total.